The molecule has 0 bridgehead atoms. The summed E-state index contributed by atoms with van der Waals surface area (Å²) >= 11 is 1.61. The molecule has 0 radical (unpaired) electrons. The lowest BCUT2D eigenvalue weighted by Gasteiger charge is -2.16. The number of hydrogen-bond donors (Lipinski definition) is 2. The first-order chi connectivity index (χ1) is 17.0. The van der Waals surface area contributed by atoms with Crippen LogP contribution in [0.3, 0.4) is 0 Å². The van der Waals surface area contributed by atoms with E-state index < -0.39 is 0 Å². The summed E-state index contributed by atoms with van der Waals surface area (Å²) in [7, 11) is 0. The zero-order chi connectivity index (χ0) is 27.2. The maximum atomic E-state index is 11.7. The van der Waals surface area contributed by atoms with Gasteiger partial charge in [-0.1, -0.05) is 70.2 Å². The number of benzene rings is 1. The third-order valence-electron chi connectivity index (χ3n) is 4.19. The van der Waals surface area contributed by atoms with Gasteiger partial charge in [-0.15, -0.1) is 24.9 Å². The van der Waals surface area contributed by atoms with E-state index >= 15 is 0 Å². The highest BCUT2D eigenvalue weighted by molar-refractivity contribution is 7.99. The van der Waals surface area contributed by atoms with Gasteiger partial charge in [0.15, 0.2) is 0 Å². The van der Waals surface area contributed by atoms with E-state index in [9.17, 15) is 4.79 Å². The first-order valence-electron chi connectivity index (χ1n) is 12.2. The predicted molar refractivity (Wildman–Crippen MR) is 159 cm³/mol. The third-order valence-corrected chi connectivity index (χ3v) is 5.31. The van der Waals surface area contributed by atoms with Gasteiger partial charge in [-0.2, -0.15) is 0 Å². The van der Waals surface area contributed by atoms with Crippen LogP contribution >= 0.6 is 11.8 Å². The minimum Gasteiger partial charge on any atom is -0.338 e. The fourth-order valence-corrected chi connectivity index (χ4v) is 3.79. The molecule has 1 aromatic carbocycles. The van der Waals surface area contributed by atoms with Crippen LogP contribution in [0, 0.1) is 6.92 Å². The molecule has 35 heavy (non-hydrogen) atoms. The number of carbonyl (C=O) groups is 1. The van der Waals surface area contributed by atoms with Gasteiger partial charge in [0.1, 0.15) is 0 Å². The minimum absolute atomic E-state index is 0.158. The molecule has 0 atom stereocenters. The Morgan fingerprint density at radius 3 is 2.26 bits per heavy atom. The summed E-state index contributed by atoms with van der Waals surface area (Å²) in [4.78, 5) is 17.4. The van der Waals surface area contributed by atoms with Gasteiger partial charge in [-0.25, -0.2) is 4.79 Å². The monoisotopic (exact) mass is 495 g/mol. The summed E-state index contributed by atoms with van der Waals surface area (Å²) in [5.74, 6) is 0.484. The third kappa shape index (κ3) is 12.8. The molecule has 0 aliphatic heterocycles. The number of amides is 2. The van der Waals surface area contributed by atoms with Crippen molar-refractivity contribution in [2.24, 2.45) is 0 Å². The van der Waals surface area contributed by atoms with Crippen LogP contribution in [0.5, 0.6) is 0 Å². The van der Waals surface area contributed by atoms with E-state index in [0.29, 0.717) is 12.4 Å². The average Bonchev–Trinajstić information content (AvgIpc) is 2.89. The highest BCUT2D eigenvalue weighted by Gasteiger charge is 2.13. The van der Waals surface area contributed by atoms with Crippen LogP contribution in [0.25, 0.3) is 16.8 Å². The number of thioether (sulfide) groups is 1. The van der Waals surface area contributed by atoms with Crippen LogP contribution in [0.2, 0.25) is 0 Å². The molecule has 0 aliphatic rings. The van der Waals surface area contributed by atoms with Crippen molar-refractivity contribution in [2.45, 2.75) is 60.3 Å². The Kier molecular flexibility index (Phi) is 20.9. The highest BCUT2D eigenvalue weighted by atomic mass is 32.2. The normalized spacial score (nSPS) is 10.0. The molecule has 0 spiro atoms. The second-order valence-electron chi connectivity index (χ2n) is 6.63. The van der Waals surface area contributed by atoms with Crippen molar-refractivity contribution in [1.82, 2.24) is 15.6 Å². The van der Waals surface area contributed by atoms with Crippen molar-refractivity contribution in [1.29, 1.82) is 0 Å². The lowest BCUT2D eigenvalue weighted by molar-refractivity contribution is 0.243. The SMILES string of the molecule is C=C.C=C(C)/C=C\C(=C/C)c1cc(C)c(SCNC(=O)NCC)c(-c2ccccn2)c1.CC.CC. The number of allylic oxidation sites excluding steroid dienone is 5. The molecule has 5 heteroatoms. The van der Waals surface area contributed by atoms with E-state index in [-0.39, 0.29) is 6.03 Å². The summed E-state index contributed by atoms with van der Waals surface area (Å²) in [5.41, 5.74) is 6.39. The fourth-order valence-electron chi connectivity index (χ4n) is 2.83. The van der Waals surface area contributed by atoms with Gasteiger partial charge in [0.25, 0.3) is 0 Å². The summed E-state index contributed by atoms with van der Waals surface area (Å²) < 4.78 is 0. The van der Waals surface area contributed by atoms with Gasteiger partial charge in [0, 0.05) is 23.2 Å². The Bertz CT molecular complexity index is 934. The maximum absolute atomic E-state index is 11.7. The molecule has 0 saturated heterocycles. The van der Waals surface area contributed by atoms with Crippen molar-refractivity contribution in [3.63, 3.8) is 0 Å². The second kappa shape index (κ2) is 21.5. The molecule has 4 nitrogen and oxygen atoms in total. The number of nitrogens with zero attached hydrogens (tertiary/aromatic N) is 1. The molecule has 2 rings (SSSR count). The Balaban J connectivity index is 0. The fraction of sp³-hybridized carbons (Fsp3) is 0.333. The van der Waals surface area contributed by atoms with Crippen LogP contribution in [0.1, 0.15) is 59.6 Å². The van der Waals surface area contributed by atoms with E-state index in [4.69, 9.17) is 0 Å². The Labute approximate surface area is 218 Å². The Morgan fingerprint density at radius 2 is 1.74 bits per heavy atom. The van der Waals surface area contributed by atoms with Crippen molar-refractivity contribution < 1.29 is 4.79 Å². The van der Waals surface area contributed by atoms with E-state index in [1.165, 1.54) is 0 Å². The van der Waals surface area contributed by atoms with Gasteiger partial charge < -0.3 is 10.6 Å². The zero-order valence-corrected chi connectivity index (χ0v) is 23.8. The smallest absolute Gasteiger partial charge is 0.315 e. The van der Waals surface area contributed by atoms with Gasteiger partial charge in [0.2, 0.25) is 0 Å². The number of urea groups is 1. The van der Waals surface area contributed by atoms with E-state index in [1.807, 2.05) is 72.7 Å². The minimum atomic E-state index is -0.158. The zero-order valence-electron chi connectivity index (χ0n) is 23.0. The number of carbonyl (C=O) groups excluding carboxylic acids is 1. The van der Waals surface area contributed by atoms with Crippen LogP contribution in [0.4, 0.5) is 4.79 Å². The number of nitrogens with one attached hydrogen (secondary N) is 2. The summed E-state index contributed by atoms with van der Waals surface area (Å²) in [5, 5.41) is 5.63. The number of hydrogen-bond acceptors (Lipinski definition) is 3. The van der Waals surface area contributed by atoms with Gasteiger partial charge in [0.05, 0.1) is 11.6 Å². The van der Waals surface area contributed by atoms with Gasteiger partial charge >= 0.3 is 6.03 Å². The molecular formula is C30H45N3OS. The molecule has 2 aromatic rings. The van der Waals surface area contributed by atoms with Crippen LogP contribution in [-0.4, -0.2) is 23.4 Å². The largest absolute Gasteiger partial charge is 0.338 e. The molecular weight excluding hydrogens is 450 g/mol. The summed E-state index contributed by atoms with van der Waals surface area (Å²) in [6.07, 6.45) is 8.00. The lowest BCUT2D eigenvalue weighted by Crippen LogP contribution is -2.34. The van der Waals surface area contributed by atoms with Crippen LogP contribution in [-0.2, 0) is 0 Å². The van der Waals surface area contributed by atoms with Gasteiger partial charge in [-0.3, -0.25) is 4.98 Å². The molecule has 0 unspecified atom stereocenters. The van der Waals surface area contributed by atoms with E-state index in [2.05, 4.69) is 66.6 Å². The molecule has 2 N–H and O–H groups in total. The quantitative estimate of drug-likeness (QED) is 0.166. The Morgan fingerprint density at radius 1 is 1.09 bits per heavy atom. The number of aryl methyl sites for hydroxylation is 1. The van der Waals surface area contributed by atoms with Crippen molar-refractivity contribution in [3.8, 4) is 11.3 Å². The molecule has 0 saturated carbocycles. The summed E-state index contributed by atoms with van der Waals surface area (Å²) in [6, 6.07) is 10.1. The van der Waals surface area contributed by atoms with Crippen molar-refractivity contribution in [2.75, 3.05) is 12.4 Å². The molecule has 192 valence electrons. The average molecular weight is 496 g/mol. The number of pyridine rings is 1. The van der Waals surface area contributed by atoms with Crippen molar-refractivity contribution in [3.05, 3.63) is 91.2 Å². The molecule has 1 heterocycles. The van der Waals surface area contributed by atoms with Crippen LogP contribution < -0.4 is 10.6 Å². The lowest BCUT2D eigenvalue weighted by atomic mass is 9.97. The van der Waals surface area contributed by atoms with E-state index in [0.717, 1.165) is 38.4 Å². The topological polar surface area (TPSA) is 54.0 Å². The standard InChI is InChI=1S/C24H29N3OS.2C2H6.C2H4/c1-6-19(12-11-17(3)4)20-14-18(5)23(29-16-27-24(28)25-7-2)21(15-20)22-10-8-9-13-26-22;3*1-2/h6,8-15H,3,7,16H2,1-2,4-5H3,(H2,25,27,28);2*1-2H3;1-2H2/b12-11-,19-6+;;;. The first-order valence-corrected chi connectivity index (χ1v) is 13.2. The van der Waals surface area contributed by atoms with Gasteiger partial charge in [-0.05, 0) is 62.6 Å². The molecule has 2 amide bonds. The van der Waals surface area contributed by atoms with Crippen LogP contribution in [0.15, 0.2) is 85.0 Å². The Hall–Kier alpha value is -3.05. The summed E-state index contributed by atoms with van der Waals surface area (Å²) in [6.45, 7) is 26.6. The second-order valence-corrected chi connectivity index (χ2v) is 7.62. The first kappa shape index (κ1) is 34.1. The molecule has 0 fully saturated rings. The highest BCUT2D eigenvalue weighted by Crippen LogP contribution is 2.36. The predicted octanol–water partition coefficient (Wildman–Crippen LogP) is 8.82. The number of rotatable bonds is 8. The van der Waals surface area contributed by atoms with Crippen molar-refractivity contribution >= 4 is 23.4 Å². The molecule has 1 aromatic heterocycles. The van der Waals surface area contributed by atoms with E-state index in [1.54, 1.807) is 18.0 Å². The number of aromatic nitrogens is 1. The molecule has 0 aliphatic carbocycles. The maximum Gasteiger partial charge on any atom is 0.315 e.